The molecule has 1 aromatic heterocycles. The molecule has 0 bridgehead atoms. The number of benzene rings is 1. The number of carbonyl (C=O) groups is 1. The Morgan fingerprint density at radius 1 is 1.22 bits per heavy atom. The van der Waals surface area contributed by atoms with Crippen LogP contribution in [0.15, 0.2) is 47.4 Å². The first-order valence-electron chi connectivity index (χ1n) is 7.24. The van der Waals surface area contributed by atoms with Crippen LogP contribution in [-0.4, -0.2) is 36.9 Å². The van der Waals surface area contributed by atoms with E-state index in [1.165, 1.54) is 12.3 Å². The van der Waals surface area contributed by atoms with Crippen LogP contribution in [-0.2, 0) is 9.84 Å². The van der Waals surface area contributed by atoms with Gasteiger partial charge in [-0.3, -0.25) is 9.59 Å². The van der Waals surface area contributed by atoms with Crippen molar-refractivity contribution < 1.29 is 13.2 Å². The quantitative estimate of drug-likeness (QED) is 0.875. The maximum Gasteiger partial charge on any atom is 0.255 e. The van der Waals surface area contributed by atoms with E-state index in [1.54, 1.807) is 12.1 Å². The third kappa shape index (κ3) is 3.50. The van der Waals surface area contributed by atoms with E-state index in [2.05, 4.69) is 10.3 Å². The fourth-order valence-electron chi connectivity index (χ4n) is 2.62. The molecule has 1 unspecified atom stereocenters. The summed E-state index contributed by atoms with van der Waals surface area (Å²) in [5.74, 6) is -0.326. The fourth-order valence-corrected chi connectivity index (χ4v) is 4.30. The molecule has 0 spiro atoms. The van der Waals surface area contributed by atoms with Crippen molar-refractivity contribution in [3.05, 3.63) is 58.5 Å². The van der Waals surface area contributed by atoms with Gasteiger partial charge in [0.25, 0.3) is 11.5 Å². The lowest BCUT2D eigenvalue weighted by Crippen LogP contribution is -2.35. The van der Waals surface area contributed by atoms with Crippen molar-refractivity contribution in [1.29, 1.82) is 0 Å². The Morgan fingerprint density at radius 3 is 2.61 bits per heavy atom. The molecule has 2 heterocycles. The van der Waals surface area contributed by atoms with Crippen LogP contribution in [0.5, 0.6) is 0 Å². The number of hydrogen-bond acceptors (Lipinski definition) is 4. The summed E-state index contributed by atoms with van der Waals surface area (Å²) in [5.41, 5.74) is 1.13. The van der Waals surface area contributed by atoms with Crippen LogP contribution in [0.4, 0.5) is 0 Å². The molecule has 2 aromatic rings. The smallest absolute Gasteiger partial charge is 0.255 e. The van der Waals surface area contributed by atoms with Gasteiger partial charge in [0.15, 0.2) is 9.84 Å². The van der Waals surface area contributed by atoms with Crippen LogP contribution in [0, 0.1) is 0 Å². The lowest BCUT2D eigenvalue weighted by molar-refractivity contribution is 0.0941. The topological polar surface area (TPSA) is 96.1 Å². The summed E-state index contributed by atoms with van der Waals surface area (Å²) in [6.07, 6.45) is 1.76. The molecule has 120 valence electrons. The Hall–Kier alpha value is -2.41. The number of aromatic amines is 1. The Labute approximate surface area is 133 Å². The predicted octanol–water partition coefficient (Wildman–Crippen LogP) is 0.959. The lowest BCUT2D eigenvalue weighted by Gasteiger charge is -2.11. The van der Waals surface area contributed by atoms with E-state index in [1.807, 2.05) is 18.2 Å². The third-order valence-electron chi connectivity index (χ3n) is 3.82. The van der Waals surface area contributed by atoms with Crippen molar-refractivity contribution in [2.24, 2.45) is 0 Å². The molecule has 0 aliphatic carbocycles. The summed E-state index contributed by atoms with van der Waals surface area (Å²) < 4.78 is 22.9. The molecule has 1 atom stereocenters. The van der Waals surface area contributed by atoms with Gasteiger partial charge in [0, 0.05) is 17.8 Å². The number of aromatic nitrogens is 1. The SMILES string of the molecule is O=C(NC1CCS(=O)(=O)C1)c1c[nH]c(=O)c(-c2ccccc2)c1. The van der Waals surface area contributed by atoms with Gasteiger partial charge in [-0.15, -0.1) is 0 Å². The highest BCUT2D eigenvalue weighted by atomic mass is 32.2. The molecule has 0 radical (unpaired) electrons. The zero-order valence-electron chi connectivity index (χ0n) is 12.3. The highest BCUT2D eigenvalue weighted by Crippen LogP contribution is 2.16. The second-order valence-corrected chi connectivity index (χ2v) is 7.80. The molecule has 1 amide bonds. The fraction of sp³-hybridized carbons (Fsp3) is 0.250. The minimum Gasteiger partial charge on any atom is -0.348 e. The number of sulfone groups is 1. The molecule has 1 aromatic carbocycles. The Morgan fingerprint density at radius 2 is 1.96 bits per heavy atom. The molecule has 1 aliphatic heterocycles. The molecule has 7 heteroatoms. The zero-order chi connectivity index (χ0) is 16.4. The van der Waals surface area contributed by atoms with Crippen molar-refractivity contribution >= 4 is 15.7 Å². The number of nitrogens with one attached hydrogen (secondary N) is 2. The van der Waals surface area contributed by atoms with Gasteiger partial charge < -0.3 is 10.3 Å². The standard InChI is InChI=1S/C16H16N2O4S/c19-15(18-13-6-7-23(21,22)10-13)12-8-14(16(20)17-9-12)11-4-2-1-3-5-11/h1-5,8-9,13H,6-7,10H2,(H,17,20)(H,18,19). The minimum atomic E-state index is -3.05. The first-order chi connectivity index (χ1) is 10.9. The molecule has 2 N–H and O–H groups in total. The van der Waals surface area contributed by atoms with E-state index in [0.29, 0.717) is 23.1 Å². The van der Waals surface area contributed by atoms with Gasteiger partial charge in [-0.25, -0.2) is 8.42 Å². The molecule has 1 fully saturated rings. The largest absolute Gasteiger partial charge is 0.348 e. The highest BCUT2D eigenvalue weighted by molar-refractivity contribution is 7.91. The maximum atomic E-state index is 12.3. The Balaban J connectivity index is 1.84. The van der Waals surface area contributed by atoms with E-state index in [-0.39, 0.29) is 29.0 Å². The van der Waals surface area contributed by atoms with Crippen molar-refractivity contribution in [3.63, 3.8) is 0 Å². The second-order valence-electron chi connectivity index (χ2n) is 5.57. The molecular weight excluding hydrogens is 316 g/mol. The monoisotopic (exact) mass is 332 g/mol. The molecule has 1 aliphatic rings. The second kappa shape index (κ2) is 6.00. The Bertz CT molecular complexity index is 888. The van der Waals surface area contributed by atoms with Gasteiger partial charge in [0.05, 0.1) is 17.1 Å². The van der Waals surface area contributed by atoms with Gasteiger partial charge in [-0.1, -0.05) is 30.3 Å². The average Bonchev–Trinajstić information content (AvgIpc) is 2.87. The number of H-pyrrole nitrogens is 1. The Kier molecular flexibility index (Phi) is 4.04. The van der Waals surface area contributed by atoms with Crippen molar-refractivity contribution in [2.75, 3.05) is 11.5 Å². The number of carbonyl (C=O) groups excluding carboxylic acids is 1. The van der Waals surface area contributed by atoms with Crippen LogP contribution in [0.2, 0.25) is 0 Å². The summed E-state index contributed by atoms with van der Waals surface area (Å²) >= 11 is 0. The van der Waals surface area contributed by atoms with Crippen LogP contribution in [0.1, 0.15) is 16.8 Å². The molecule has 0 saturated carbocycles. The molecule has 6 nitrogen and oxygen atoms in total. The van der Waals surface area contributed by atoms with Crippen LogP contribution >= 0.6 is 0 Å². The van der Waals surface area contributed by atoms with Crippen molar-refractivity contribution in [1.82, 2.24) is 10.3 Å². The van der Waals surface area contributed by atoms with E-state index in [0.717, 1.165) is 0 Å². The molecule has 1 saturated heterocycles. The zero-order valence-corrected chi connectivity index (χ0v) is 13.1. The van der Waals surface area contributed by atoms with Crippen LogP contribution in [0.25, 0.3) is 11.1 Å². The average molecular weight is 332 g/mol. The third-order valence-corrected chi connectivity index (χ3v) is 5.59. The van der Waals surface area contributed by atoms with E-state index >= 15 is 0 Å². The summed E-state index contributed by atoms with van der Waals surface area (Å²) in [7, 11) is -3.05. The van der Waals surface area contributed by atoms with E-state index in [9.17, 15) is 18.0 Å². The number of pyridine rings is 1. The highest BCUT2D eigenvalue weighted by Gasteiger charge is 2.29. The summed E-state index contributed by atoms with van der Waals surface area (Å²) in [5, 5.41) is 2.71. The normalized spacial score (nSPS) is 19.4. The van der Waals surface area contributed by atoms with Gasteiger partial charge in [0.1, 0.15) is 0 Å². The first-order valence-corrected chi connectivity index (χ1v) is 9.06. The van der Waals surface area contributed by atoms with E-state index < -0.39 is 9.84 Å². The number of hydrogen-bond donors (Lipinski definition) is 2. The van der Waals surface area contributed by atoms with E-state index in [4.69, 9.17) is 0 Å². The maximum absolute atomic E-state index is 12.3. The van der Waals surface area contributed by atoms with Crippen LogP contribution < -0.4 is 10.9 Å². The van der Waals surface area contributed by atoms with Gasteiger partial charge in [-0.05, 0) is 18.1 Å². The van der Waals surface area contributed by atoms with Gasteiger partial charge >= 0.3 is 0 Å². The van der Waals surface area contributed by atoms with Gasteiger partial charge in [0.2, 0.25) is 0 Å². The first kappa shape index (κ1) is 15.5. The molecule has 3 rings (SSSR count). The minimum absolute atomic E-state index is 0.0341. The number of amides is 1. The summed E-state index contributed by atoms with van der Waals surface area (Å²) in [6.45, 7) is 0. The summed E-state index contributed by atoms with van der Waals surface area (Å²) in [4.78, 5) is 26.8. The lowest BCUT2D eigenvalue weighted by atomic mass is 10.1. The van der Waals surface area contributed by atoms with Gasteiger partial charge in [-0.2, -0.15) is 0 Å². The molecule has 23 heavy (non-hydrogen) atoms. The van der Waals surface area contributed by atoms with Crippen LogP contribution in [0.3, 0.4) is 0 Å². The van der Waals surface area contributed by atoms with Crippen molar-refractivity contribution in [2.45, 2.75) is 12.5 Å². The molecular formula is C16H16N2O4S. The number of rotatable bonds is 3. The predicted molar refractivity (Wildman–Crippen MR) is 87.0 cm³/mol. The van der Waals surface area contributed by atoms with Crippen molar-refractivity contribution in [3.8, 4) is 11.1 Å². The summed E-state index contributed by atoms with van der Waals surface area (Å²) in [6, 6.07) is 10.2.